The van der Waals surface area contributed by atoms with Crippen LogP contribution in [0.5, 0.6) is 0 Å². The molecule has 2 nitrogen and oxygen atoms in total. The van der Waals surface area contributed by atoms with Gasteiger partial charge < -0.3 is 11.5 Å². The minimum absolute atomic E-state index is 0.829. The standard InChI is InChI=1S/C14H16N2S3/c1-9-3-5-13(11(15)7-9)17-19-18-14-6-4-10(2)8-12(14)16/h3-8H,15-16H2,1-2H3. The van der Waals surface area contributed by atoms with Crippen molar-refractivity contribution in [3.05, 3.63) is 47.5 Å². The van der Waals surface area contributed by atoms with Gasteiger partial charge in [0.2, 0.25) is 0 Å². The van der Waals surface area contributed by atoms with Crippen LogP contribution in [0, 0.1) is 13.8 Å². The normalized spacial score (nSPS) is 10.6. The van der Waals surface area contributed by atoms with E-state index >= 15 is 0 Å². The van der Waals surface area contributed by atoms with E-state index in [1.165, 1.54) is 11.1 Å². The lowest BCUT2D eigenvalue weighted by atomic mass is 10.2. The summed E-state index contributed by atoms with van der Waals surface area (Å²) in [4.78, 5) is 2.18. The van der Waals surface area contributed by atoms with Crippen LogP contribution in [0.3, 0.4) is 0 Å². The van der Waals surface area contributed by atoms with Crippen molar-refractivity contribution < 1.29 is 0 Å². The molecule has 0 aliphatic rings. The summed E-state index contributed by atoms with van der Waals surface area (Å²) in [7, 11) is 5.00. The summed E-state index contributed by atoms with van der Waals surface area (Å²) in [6.45, 7) is 4.08. The Morgan fingerprint density at radius 2 is 1.16 bits per heavy atom. The number of hydrogen-bond acceptors (Lipinski definition) is 5. The molecule has 0 radical (unpaired) electrons. The Morgan fingerprint density at radius 1 is 0.737 bits per heavy atom. The topological polar surface area (TPSA) is 52.0 Å². The maximum Gasteiger partial charge on any atom is 0.0463 e. The minimum Gasteiger partial charge on any atom is -0.398 e. The van der Waals surface area contributed by atoms with Gasteiger partial charge in [0.15, 0.2) is 0 Å². The predicted molar refractivity (Wildman–Crippen MR) is 90.5 cm³/mol. The van der Waals surface area contributed by atoms with Crippen molar-refractivity contribution in [2.75, 3.05) is 11.5 Å². The SMILES string of the molecule is Cc1ccc(SSSc2ccc(C)cc2N)c(N)c1. The van der Waals surface area contributed by atoms with E-state index < -0.39 is 0 Å². The number of anilines is 2. The Kier molecular flexibility index (Phi) is 4.96. The molecule has 5 heteroatoms. The van der Waals surface area contributed by atoms with Crippen LogP contribution in [-0.4, -0.2) is 0 Å². The van der Waals surface area contributed by atoms with Gasteiger partial charge in [-0.3, -0.25) is 0 Å². The molecule has 0 aliphatic carbocycles. The van der Waals surface area contributed by atoms with Crippen LogP contribution in [0.2, 0.25) is 0 Å². The van der Waals surface area contributed by atoms with Crippen molar-refractivity contribution in [2.45, 2.75) is 23.6 Å². The van der Waals surface area contributed by atoms with Gasteiger partial charge in [0.1, 0.15) is 0 Å². The molecule has 2 rings (SSSR count). The van der Waals surface area contributed by atoms with E-state index in [0.717, 1.165) is 21.2 Å². The van der Waals surface area contributed by atoms with Crippen LogP contribution in [0.1, 0.15) is 11.1 Å². The van der Waals surface area contributed by atoms with Gasteiger partial charge in [0, 0.05) is 21.2 Å². The number of benzene rings is 2. The van der Waals surface area contributed by atoms with Crippen LogP contribution < -0.4 is 11.5 Å². The molecule has 0 fully saturated rings. The summed E-state index contributed by atoms with van der Waals surface area (Å²) in [6, 6.07) is 12.2. The van der Waals surface area contributed by atoms with Crippen molar-refractivity contribution in [3.8, 4) is 0 Å². The van der Waals surface area contributed by atoms with Gasteiger partial charge >= 0.3 is 0 Å². The van der Waals surface area contributed by atoms with E-state index in [9.17, 15) is 0 Å². The molecule has 100 valence electrons. The lowest BCUT2D eigenvalue weighted by molar-refractivity contribution is 1.39. The molecule has 0 saturated heterocycles. The molecule has 0 saturated carbocycles. The van der Waals surface area contributed by atoms with Gasteiger partial charge in [0.05, 0.1) is 0 Å². The molecule has 2 aromatic rings. The zero-order valence-corrected chi connectivity index (χ0v) is 13.3. The fourth-order valence-corrected chi connectivity index (χ4v) is 5.39. The number of aryl methyl sites for hydroxylation is 2. The largest absolute Gasteiger partial charge is 0.398 e. The lowest BCUT2D eigenvalue weighted by Crippen LogP contribution is -1.88. The molecular formula is C14H16N2S3. The summed E-state index contributed by atoms with van der Waals surface area (Å²) in [5.74, 6) is 0. The van der Waals surface area contributed by atoms with Gasteiger partial charge in [-0.15, -0.1) is 0 Å². The second-order valence-corrected chi connectivity index (χ2v) is 8.30. The Bertz CT molecular complexity index is 533. The monoisotopic (exact) mass is 308 g/mol. The molecule has 0 spiro atoms. The first-order chi connectivity index (χ1) is 9.06. The van der Waals surface area contributed by atoms with Crippen LogP contribution in [-0.2, 0) is 0 Å². The van der Waals surface area contributed by atoms with E-state index in [2.05, 4.69) is 24.3 Å². The molecule has 2 aromatic carbocycles. The highest BCUT2D eigenvalue weighted by molar-refractivity contribution is 9.09. The highest BCUT2D eigenvalue weighted by Gasteiger charge is 2.04. The third-order valence-electron chi connectivity index (χ3n) is 2.58. The summed E-state index contributed by atoms with van der Waals surface area (Å²) >= 11 is 0. The maximum atomic E-state index is 5.98. The van der Waals surface area contributed by atoms with Gasteiger partial charge in [-0.1, -0.05) is 12.1 Å². The Labute approximate surface area is 125 Å². The van der Waals surface area contributed by atoms with Crippen LogP contribution in [0.25, 0.3) is 0 Å². The predicted octanol–water partition coefficient (Wildman–Crippen LogP) is 4.92. The van der Waals surface area contributed by atoms with E-state index in [1.807, 2.05) is 26.0 Å². The third kappa shape index (κ3) is 4.03. The maximum absolute atomic E-state index is 5.98. The summed E-state index contributed by atoms with van der Waals surface area (Å²) in [5.41, 5.74) is 16.0. The summed E-state index contributed by atoms with van der Waals surface area (Å²) in [5, 5.41) is 0. The quantitative estimate of drug-likeness (QED) is 0.620. The molecule has 0 heterocycles. The number of nitrogen functional groups attached to an aromatic ring is 2. The third-order valence-corrected chi connectivity index (χ3v) is 6.53. The first-order valence-corrected chi connectivity index (χ1v) is 9.28. The van der Waals surface area contributed by atoms with Crippen molar-refractivity contribution in [1.82, 2.24) is 0 Å². The molecule has 0 unspecified atom stereocenters. The first kappa shape index (κ1) is 14.5. The van der Waals surface area contributed by atoms with Gasteiger partial charge in [0.25, 0.3) is 0 Å². The molecule has 19 heavy (non-hydrogen) atoms. The zero-order chi connectivity index (χ0) is 13.8. The fourth-order valence-electron chi connectivity index (χ4n) is 1.58. The van der Waals surface area contributed by atoms with Crippen molar-refractivity contribution in [1.29, 1.82) is 0 Å². The second-order valence-electron chi connectivity index (χ2n) is 4.32. The molecule has 0 amide bonds. The van der Waals surface area contributed by atoms with Gasteiger partial charge in [-0.05, 0) is 80.7 Å². The fraction of sp³-hybridized carbons (Fsp3) is 0.143. The second kappa shape index (κ2) is 6.50. The number of rotatable bonds is 4. The first-order valence-electron chi connectivity index (χ1n) is 5.79. The van der Waals surface area contributed by atoms with Gasteiger partial charge in [-0.25, -0.2) is 0 Å². The van der Waals surface area contributed by atoms with Crippen molar-refractivity contribution in [3.63, 3.8) is 0 Å². The molecule has 0 bridgehead atoms. The van der Waals surface area contributed by atoms with Gasteiger partial charge in [-0.2, -0.15) is 0 Å². The smallest absolute Gasteiger partial charge is 0.0463 e. The molecule has 0 aliphatic heterocycles. The van der Waals surface area contributed by atoms with E-state index in [4.69, 9.17) is 11.5 Å². The van der Waals surface area contributed by atoms with Crippen LogP contribution >= 0.6 is 31.4 Å². The highest BCUT2D eigenvalue weighted by atomic mass is 33.5. The summed E-state index contributed by atoms with van der Waals surface area (Å²) in [6.07, 6.45) is 0. The highest BCUT2D eigenvalue weighted by Crippen LogP contribution is 2.47. The van der Waals surface area contributed by atoms with Crippen molar-refractivity contribution in [2.24, 2.45) is 0 Å². The van der Waals surface area contributed by atoms with E-state index in [-0.39, 0.29) is 0 Å². The average molecular weight is 308 g/mol. The minimum atomic E-state index is 0.829. The lowest BCUT2D eigenvalue weighted by Gasteiger charge is -2.07. The molecule has 4 N–H and O–H groups in total. The number of hydrogen-bond donors (Lipinski definition) is 2. The average Bonchev–Trinajstić information content (AvgIpc) is 2.34. The number of nitrogens with two attached hydrogens (primary N) is 2. The summed E-state index contributed by atoms with van der Waals surface area (Å²) < 4.78 is 0. The van der Waals surface area contributed by atoms with Crippen LogP contribution in [0.4, 0.5) is 11.4 Å². The van der Waals surface area contributed by atoms with Crippen LogP contribution in [0.15, 0.2) is 46.2 Å². The molecule has 0 aromatic heterocycles. The van der Waals surface area contributed by atoms with E-state index in [0.29, 0.717) is 0 Å². The Morgan fingerprint density at radius 3 is 1.53 bits per heavy atom. The van der Waals surface area contributed by atoms with E-state index in [1.54, 1.807) is 31.4 Å². The molecular weight excluding hydrogens is 292 g/mol. The Balaban J connectivity index is 1.96. The molecule has 0 atom stereocenters. The van der Waals surface area contributed by atoms with Crippen molar-refractivity contribution >= 4 is 42.8 Å². The Hall–Kier alpha value is -0.910. The zero-order valence-electron chi connectivity index (χ0n) is 10.8.